The zero-order valence-corrected chi connectivity index (χ0v) is 9.05. The van der Waals surface area contributed by atoms with Gasteiger partial charge in [0.1, 0.15) is 4.88 Å². The molecule has 0 aliphatic carbocycles. The number of nitrogens with zero attached hydrogens (tertiary/aromatic N) is 1. The normalized spacial score (nSPS) is 12.5. The van der Waals surface area contributed by atoms with Crippen molar-refractivity contribution in [3.8, 4) is 0 Å². The van der Waals surface area contributed by atoms with Gasteiger partial charge >= 0.3 is 5.97 Å². The number of aromatic nitrogens is 1. The highest BCUT2D eigenvalue weighted by molar-refractivity contribution is 7.17. The van der Waals surface area contributed by atoms with Crippen molar-refractivity contribution < 1.29 is 14.3 Å². The molecule has 1 atom stereocenters. The molecular formula is C8H12N2O3S. The first-order chi connectivity index (χ1) is 6.54. The van der Waals surface area contributed by atoms with Gasteiger partial charge in [-0.25, -0.2) is 9.78 Å². The molecule has 1 heterocycles. The third-order valence-electron chi connectivity index (χ3n) is 1.60. The molecule has 0 radical (unpaired) electrons. The molecule has 1 rings (SSSR count). The van der Waals surface area contributed by atoms with Crippen molar-refractivity contribution in [2.45, 2.75) is 20.1 Å². The van der Waals surface area contributed by atoms with Crippen molar-refractivity contribution in [1.82, 2.24) is 4.98 Å². The van der Waals surface area contributed by atoms with Crippen LogP contribution in [0.25, 0.3) is 0 Å². The number of carbonyl (C=O) groups excluding carboxylic acids is 1. The lowest BCUT2D eigenvalue weighted by molar-refractivity contribution is -0.0770. The van der Waals surface area contributed by atoms with Crippen LogP contribution in [0.1, 0.15) is 22.3 Å². The van der Waals surface area contributed by atoms with E-state index < -0.39 is 12.3 Å². The molecule has 1 aromatic heterocycles. The van der Waals surface area contributed by atoms with Crippen LogP contribution in [-0.2, 0) is 9.47 Å². The Kier molecular flexibility index (Phi) is 3.43. The molecule has 0 saturated carbocycles. The Morgan fingerprint density at radius 1 is 1.64 bits per heavy atom. The van der Waals surface area contributed by atoms with Gasteiger partial charge in [0.2, 0.25) is 0 Å². The molecule has 1 unspecified atom stereocenters. The van der Waals surface area contributed by atoms with Crippen LogP contribution in [0.3, 0.4) is 0 Å². The number of thiazole rings is 1. The standard InChI is InChI=1S/C8H12N2O3S/c1-4-6(14-8(9)10-4)7(11)13-5(2)12-3/h5H,1-3H3,(H2,9,10). The average Bonchev–Trinajstić information content (AvgIpc) is 2.45. The number of esters is 1. The molecule has 6 heteroatoms. The number of rotatable bonds is 3. The molecule has 0 aliphatic rings. The van der Waals surface area contributed by atoms with Crippen molar-refractivity contribution in [3.63, 3.8) is 0 Å². The van der Waals surface area contributed by atoms with Gasteiger partial charge in [-0.2, -0.15) is 0 Å². The van der Waals surface area contributed by atoms with Crippen molar-refractivity contribution in [1.29, 1.82) is 0 Å². The highest BCUT2D eigenvalue weighted by Gasteiger charge is 2.17. The van der Waals surface area contributed by atoms with Gasteiger partial charge in [-0.3, -0.25) is 0 Å². The van der Waals surface area contributed by atoms with Crippen LogP contribution in [-0.4, -0.2) is 24.4 Å². The molecule has 0 aliphatic heterocycles. The Hall–Kier alpha value is -1.14. The third-order valence-corrected chi connectivity index (χ3v) is 2.57. The Labute approximate surface area is 85.8 Å². The molecule has 0 saturated heterocycles. The number of nitrogen functional groups attached to an aromatic ring is 1. The summed E-state index contributed by atoms with van der Waals surface area (Å²) in [6.45, 7) is 3.35. The summed E-state index contributed by atoms with van der Waals surface area (Å²) in [6, 6.07) is 0. The first kappa shape index (κ1) is 10.9. The van der Waals surface area contributed by atoms with Gasteiger partial charge in [-0.1, -0.05) is 11.3 Å². The fourth-order valence-electron chi connectivity index (χ4n) is 0.859. The summed E-state index contributed by atoms with van der Waals surface area (Å²) in [6.07, 6.45) is -0.565. The number of ether oxygens (including phenoxy) is 2. The van der Waals surface area contributed by atoms with Gasteiger partial charge in [0, 0.05) is 7.11 Å². The second-order valence-corrected chi connectivity index (χ2v) is 3.71. The van der Waals surface area contributed by atoms with E-state index in [0.29, 0.717) is 15.7 Å². The maximum atomic E-state index is 11.5. The summed E-state index contributed by atoms with van der Waals surface area (Å²) in [5.41, 5.74) is 6.03. The molecule has 1 aromatic rings. The molecule has 0 spiro atoms. The van der Waals surface area contributed by atoms with Crippen molar-refractivity contribution in [2.24, 2.45) is 0 Å². The number of anilines is 1. The predicted molar refractivity (Wildman–Crippen MR) is 53.1 cm³/mol. The average molecular weight is 216 g/mol. The molecular weight excluding hydrogens is 204 g/mol. The van der Waals surface area contributed by atoms with Gasteiger partial charge in [-0.05, 0) is 13.8 Å². The van der Waals surface area contributed by atoms with E-state index in [1.54, 1.807) is 13.8 Å². The van der Waals surface area contributed by atoms with Crippen LogP contribution < -0.4 is 5.73 Å². The van der Waals surface area contributed by atoms with Crippen LogP contribution in [0.2, 0.25) is 0 Å². The minimum Gasteiger partial charge on any atom is -0.432 e. The molecule has 14 heavy (non-hydrogen) atoms. The first-order valence-electron chi connectivity index (χ1n) is 4.01. The Balaban J connectivity index is 2.74. The molecule has 0 amide bonds. The van der Waals surface area contributed by atoms with Gasteiger partial charge in [0.25, 0.3) is 0 Å². The summed E-state index contributed by atoms with van der Waals surface area (Å²) in [4.78, 5) is 15.8. The summed E-state index contributed by atoms with van der Waals surface area (Å²) >= 11 is 1.11. The van der Waals surface area contributed by atoms with Gasteiger partial charge in [-0.15, -0.1) is 0 Å². The highest BCUT2D eigenvalue weighted by atomic mass is 32.1. The summed E-state index contributed by atoms with van der Waals surface area (Å²) in [5, 5.41) is 0.361. The van der Waals surface area contributed by atoms with Gasteiger partial charge in [0.05, 0.1) is 5.69 Å². The Bertz CT molecular complexity index is 337. The minimum absolute atomic E-state index is 0.361. The summed E-state index contributed by atoms with van der Waals surface area (Å²) < 4.78 is 9.73. The lowest BCUT2D eigenvalue weighted by Crippen LogP contribution is -2.16. The predicted octanol–water partition coefficient (Wildman–Crippen LogP) is 1.18. The fourth-order valence-corrected chi connectivity index (χ4v) is 1.58. The third kappa shape index (κ3) is 2.43. The van der Waals surface area contributed by atoms with Crippen LogP contribution >= 0.6 is 11.3 Å². The molecule has 5 nitrogen and oxygen atoms in total. The van der Waals surface area contributed by atoms with Gasteiger partial charge in [0.15, 0.2) is 11.4 Å². The van der Waals surface area contributed by atoms with Crippen molar-refractivity contribution in [2.75, 3.05) is 12.8 Å². The maximum Gasteiger partial charge on any atom is 0.352 e. The first-order valence-corrected chi connectivity index (χ1v) is 4.83. The van der Waals surface area contributed by atoms with Crippen molar-refractivity contribution >= 4 is 22.4 Å². The molecule has 0 bridgehead atoms. The van der Waals surface area contributed by atoms with E-state index in [0.717, 1.165) is 11.3 Å². The summed E-state index contributed by atoms with van der Waals surface area (Å²) in [5.74, 6) is -0.453. The second kappa shape index (κ2) is 4.39. The van der Waals surface area contributed by atoms with E-state index >= 15 is 0 Å². The lowest BCUT2D eigenvalue weighted by Gasteiger charge is -2.09. The maximum absolute atomic E-state index is 11.5. The topological polar surface area (TPSA) is 74.4 Å². The van der Waals surface area contributed by atoms with Crippen molar-refractivity contribution in [3.05, 3.63) is 10.6 Å². The Morgan fingerprint density at radius 2 is 2.29 bits per heavy atom. The van der Waals surface area contributed by atoms with Crippen LogP contribution in [0.4, 0.5) is 5.13 Å². The number of hydrogen-bond donors (Lipinski definition) is 1. The van der Waals surface area contributed by atoms with Crippen LogP contribution in [0.5, 0.6) is 0 Å². The minimum atomic E-state index is -0.565. The molecule has 2 N–H and O–H groups in total. The van der Waals surface area contributed by atoms with E-state index in [-0.39, 0.29) is 0 Å². The molecule has 0 fully saturated rings. The van der Waals surface area contributed by atoms with E-state index in [1.807, 2.05) is 0 Å². The number of aryl methyl sites for hydroxylation is 1. The van der Waals surface area contributed by atoms with E-state index in [9.17, 15) is 4.79 Å². The summed E-state index contributed by atoms with van der Waals surface area (Å²) in [7, 11) is 1.46. The largest absolute Gasteiger partial charge is 0.432 e. The van der Waals surface area contributed by atoms with Crippen LogP contribution in [0.15, 0.2) is 0 Å². The fraction of sp³-hybridized carbons (Fsp3) is 0.500. The SMILES string of the molecule is COC(C)OC(=O)c1sc(N)nc1C. The number of carbonyl (C=O) groups is 1. The van der Waals surface area contributed by atoms with Crippen LogP contribution in [0, 0.1) is 6.92 Å². The van der Waals surface area contributed by atoms with E-state index in [4.69, 9.17) is 15.2 Å². The second-order valence-electron chi connectivity index (χ2n) is 2.68. The smallest absolute Gasteiger partial charge is 0.352 e. The number of nitrogens with two attached hydrogens (primary N) is 1. The van der Waals surface area contributed by atoms with E-state index in [1.165, 1.54) is 7.11 Å². The molecule has 0 aromatic carbocycles. The number of hydrogen-bond acceptors (Lipinski definition) is 6. The number of methoxy groups -OCH3 is 1. The zero-order valence-electron chi connectivity index (χ0n) is 8.23. The Morgan fingerprint density at radius 3 is 2.71 bits per heavy atom. The van der Waals surface area contributed by atoms with Gasteiger partial charge < -0.3 is 15.2 Å². The quantitative estimate of drug-likeness (QED) is 0.606. The van der Waals surface area contributed by atoms with E-state index in [2.05, 4.69) is 4.98 Å². The highest BCUT2D eigenvalue weighted by Crippen LogP contribution is 2.20. The lowest BCUT2D eigenvalue weighted by atomic mass is 10.4. The zero-order chi connectivity index (χ0) is 10.7. The molecule has 78 valence electrons. The monoisotopic (exact) mass is 216 g/mol.